The third kappa shape index (κ3) is 2.42. The minimum atomic E-state index is 0.475. The van der Waals surface area contributed by atoms with Gasteiger partial charge in [0.2, 0.25) is 0 Å². The van der Waals surface area contributed by atoms with Gasteiger partial charge in [0.1, 0.15) is 11.6 Å². The molecule has 2 aromatic heterocycles. The molecule has 0 saturated carbocycles. The smallest absolute Gasteiger partial charge is 0.122 e. The van der Waals surface area contributed by atoms with Crippen LogP contribution in [0.25, 0.3) is 5.52 Å². The minimum absolute atomic E-state index is 0.475. The van der Waals surface area contributed by atoms with Crippen molar-refractivity contribution in [2.75, 3.05) is 21.2 Å². The Balaban J connectivity index is 2.30. The monoisotopic (exact) mass is 233 g/mol. The van der Waals surface area contributed by atoms with Crippen molar-refractivity contribution in [3.05, 3.63) is 30.4 Å². The van der Waals surface area contributed by atoms with Crippen molar-refractivity contribution in [3.63, 3.8) is 0 Å². The molecule has 0 radical (unpaired) electrons. The van der Waals surface area contributed by atoms with E-state index in [9.17, 15) is 0 Å². The lowest BCUT2D eigenvalue weighted by Crippen LogP contribution is -2.27. The van der Waals surface area contributed by atoms with E-state index in [4.69, 9.17) is 4.74 Å². The molecule has 0 aromatic carbocycles. The Morgan fingerprint density at radius 2 is 2.24 bits per heavy atom. The Morgan fingerprint density at radius 1 is 1.47 bits per heavy atom. The second-order valence-electron chi connectivity index (χ2n) is 4.55. The minimum Gasteiger partial charge on any atom is -0.497 e. The Bertz CT molecular complexity index is 504. The summed E-state index contributed by atoms with van der Waals surface area (Å²) in [6.07, 6.45) is 4.84. The zero-order valence-corrected chi connectivity index (χ0v) is 10.8. The number of aromatic nitrogens is 2. The van der Waals surface area contributed by atoms with Gasteiger partial charge in [-0.05, 0) is 27.1 Å². The molecular weight excluding hydrogens is 214 g/mol. The molecule has 4 heteroatoms. The number of hydrogen-bond donors (Lipinski definition) is 0. The van der Waals surface area contributed by atoms with E-state index in [1.165, 1.54) is 0 Å². The number of hydrogen-bond acceptors (Lipinski definition) is 3. The van der Waals surface area contributed by atoms with Crippen molar-refractivity contribution in [2.45, 2.75) is 19.4 Å². The van der Waals surface area contributed by atoms with Gasteiger partial charge in [0, 0.05) is 24.7 Å². The van der Waals surface area contributed by atoms with Gasteiger partial charge in [-0.3, -0.25) is 0 Å². The molecule has 0 unspecified atom stereocenters. The van der Waals surface area contributed by atoms with Crippen LogP contribution in [0.4, 0.5) is 0 Å². The van der Waals surface area contributed by atoms with Gasteiger partial charge in [0.05, 0.1) is 18.8 Å². The Kier molecular flexibility index (Phi) is 3.33. The highest BCUT2D eigenvalue weighted by Gasteiger charge is 2.10. The molecule has 0 bridgehead atoms. The molecule has 0 aliphatic heterocycles. The van der Waals surface area contributed by atoms with Gasteiger partial charge in [-0.2, -0.15) is 0 Å². The quantitative estimate of drug-likeness (QED) is 0.807. The summed E-state index contributed by atoms with van der Waals surface area (Å²) in [5, 5.41) is 0. The van der Waals surface area contributed by atoms with E-state index in [0.29, 0.717) is 6.04 Å². The van der Waals surface area contributed by atoms with Gasteiger partial charge in [-0.1, -0.05) is 0 Å². The van der Waals surface area contributed by atoms with Gasteiger partial charge in [-0.15, -0.1) is 0 Å². The fraction of sp³-hybridized carbons (Fsp3) is 0.462. The summed E-state index contributed by atoms with van der Waals surface area (Å²) < 4.78 is 7.32. The molecule has 17 heavy (non-hydrogen) atoms. The average molecular weight is 233 g/mol. The predicted octanol–water partition coefficient (Wildman–Crippen LogP) is 1.84. The third-order valence-corrected chi connectivity index (χ3v) is 3.18. The van der Waals surface area contributed by atoms with E-state index in [1.54, 1.807) is 7.11 Å². The van der Waals surface area contributed by atoms with E-state index >= 15 is 0 Å². The Morgan fingerprint density at radius 3 is 2.88 bits per heavy atom. The predicted molar refractivity (Wildman–Crippen MR) is 68.6 cm³/mol. The summed E-state index contributed by atoms with van der Waals surface area (Å²) in [5.41, 5.74) is 1.07. The molecule has 2 aromatic rings. The highest BCUT2D eigenvalue weighted by atomic mass is 16.5. The number of fused-ring (bicyclic) bond motifs is 1. The van der Waals surface area contributed by atoms with Gasteiger partial charge in [-0.25, -0.2) is 4.98 Å². The number of pyridine rings is 1. The molecule has 2 rings (SSSR count). The lowest BCUT2D eigenvalue weighted by atomic mass is 10.2. The van der Waals surface area contributed by atoms with Gasteiger partial charge in [0.15, 0.2) is 0 Å². The SMILES string of the molecule is COc1ccn2c(C[C@@H](C)N(C)C)ncc2c1. The summed E-state index contributed by atoms with van der Waals surface area (Å²) in [5.74, 6) is 1.95. The van der Waals surface area contributed by atoms with Crippen molar-refractivity contribution in [1.82, 2.24) is 14.3 Å². The number of nitrogens with zero attached hydrogens (tertiary/aromatic N) is 3. The van der Waals surface area contributed by atoms with Crippen LogP contribution in [0.5, 0.6) is 5.75 Å². The van der Waals surface area contributed by atoms with Gasteiger partial charge in [0.25, 0.3) is 0 Å². The number of ether oxygens (including phenoxy) is 1. The van der Waals surface area contributed by atoms with E-state index < -0.39 is 0 Å². The lowest BCUT2D eigenvalue weighted by molar-refractivity contribution is 0.308. The van der Waals surface area contributed by atoms with Crippen molar-refractivity contribution in [2.24, 2.45) is 0 Å². The average Bonchev–Trinajstić information content (AvgIpc) is 2.71. The van der Waals surface area contributed by atoms with Crippen LogP contribution in [-0.2, 0) is 6.42 Å². The first-order valence-corrected chi connectivity index (χ1v) is 5.78. The summed E-state index contributed by atoms with van der Waals surface area (Å²) in [4.78, 5) is 6.67. The largest absolute Gasteiger partial charge is 0.497 e. The van der Waals surface area contributed by atoms with Crippen LogP contribution < -0.4 is 4.74 Å². The first-order chi connectivity index (χ1) is 8.11. The van der Waals surface area contributed by atoms with Crippen LogP contribution >= 0.6 is 0 Å². The van der Waals surface area contributed by atoms with Gasteiger partial charge < -0.3 is 14.0 Å². The van der Waals surface area contributed by atoms with Crippen LogP contribution in [0, 0.1) is 0 Å². The second-order valence-corrected chi connectivity index (χ2v) is 4.55. The fourth-order valence-corrected chi connectivity index (χ4v) is 1.76. The van der Waals surface area contributed by atoms with Crippen LogP contribution in [0.2, 0.25) is 0 Å². The van der Waals surface area contributed by atoms with E-state index in [1.807, 2.05) is 24.5 Å². The highest BCUT2D eigenvalue weighted by Crippen LogP contribution is 2.16. The van der Waals surface area contributed by atoms with Crippen molar-refractivity contribution >= 4 is 5.52 Å². The molecule has 0 aliphatic rings. The van der Waals surface area contributed by atoms with Crippen LogP contribution in [0.3, 0.4) is 0 Å². The summed E-state index contributed by atoms with van der Waals surface area (Å²) >= 11 is 0. The molecule has 2 heterocycles. The maximum atomic E-state index is 5.20. The maximum absolute atomic E-state index is 5.20. The first-order valence-electron chi connectivity index (χ1n) is 5.78. The topological polar surface area (TPSA) is 29.8 Å². The molecular formula is C13H19N3O. The number of imidazole rings is 1. The number of likely N-dealkylation sites (N-methyl/N-ethyl adjacent to an activating group) is 1. The zero-order valence-electron chi connectivity index (χ0n) is 10.8. The zero-order chi connectivity index (χ0) is 12.4. The molecule has 92 valence electrons. The molecule has 0 fully saturated rings. The first kappa shape index (κ1) is 11.9. The molecule has 0 spiro atoms. The number of methoxy groups -OCH3 is 1. The highest BCUT2D eigenvalue weighted by molar-refractivity contribution is 5.50. The van der Waals surface area contributed by atoms with E-state index in [-0.39, 0.29) is 0 Å². The maximum Gasteiger partial charge on any atom is 0.122 e. The van der Waals surface area contributed by atoms with Crippen LogP contribution in [0.1, 0.15) is 12.7 Å². The normalized spacial score (nSPS) is 13.2. The van der Waals surface area contributed by atoms with E-state index in [2.05, 4.69) is 35.3 Å². The second kappa shape index (κ2) is 4.75. The molecule has 1 atom stereocenters. The molecule has 0 saturated heterocycles. The Labute approximate surface area is 102 Å². The summed E-state index contributed by atoms with van der Waals surface area (Å²) in [6.45, 7) is 2.20. The van der Waals surface area contributed by atoms with Crippen molar-refractivity contribution in [1.29, 1.82) is 0 Å². The molecule has 0 amide bonds. The third-order valence-electron chi connectivity index (χ3n) is 3.18. The van der Waals surface area contributed by atoms with Crippen molar-refractivity contribution < 1.29 is 4.74 Å². The Hall–Kier alpha value is -1.55. The van der Waals surface area contributed by atoms with Crippen LogP contribution in [-0.4, -0.2) is 41.5 Å². The summed E-state index contributed by atoms with van der Waals surface area (Å²) in [6, 6.07) is 4.43. The number of rotatable bonds is 4. The molecule has 0 N–H and O–H groups in total. The lowest BCUT2D eigenvalue weighted by Gasteiger charge is -2.18. The van der Waals surface area contributed by atoms with Gasteiger partial charge >= 0.3 is 0 Å². The van der Waals surface area contributed by atoms with E-state index in [0.717, 1.165) is 23.5 Å². The molecule has 4 nitrogen and oxygen atoms in total. The standard InChI is InChI=1S/C13H19N3O/c1-10(15(2)3)7-13-14-9-11-8-12(17-4)5-6-16(11)13/h5-6,8-10H,7H2,1-4H3/t10-/m1/s1. The molecule has 0 aliphatic carbocycles. The van der Waals surface area contributed by atoms with Crippen molar-refractivity contribution in [3.8, 4) is 5.75 Å². The summed E-state index contributed by atoms with van der Waals surface area (Å²) in [7, 11) is 5.85. The van der Waals surface area contributed by atoms with Crippen LogP contribution in [0.15, 0.2) is 24.5 Å². The fourth-order valence-electron chi connectivity index (χ4n) is 1.76.